The molecule has 0 bridgehead atoms. The second-order valence-corrected chi connectivity index (χ2v) is 5.32. The van der Waals surface area contributed by atoms with Crippen LogP contribution in [-0.4, -0.2) is 35.9 Å². The highest BCUT2D eigenvalue weighted by atomic mass is 35.5. The molecule has 1 heterocycles. The Morgan fingerprint density at radius 1 is 1.26 bits per heavy atom. The minimum atomic E-state index is -0.552. The number of hydrazine groups is 1. The summed E-state index contributed by atoms with van der Waals surface area (Å²) in [7, 11) is 1.23. The number of nitrogens with zero attached hydrogens (tertiary/aromatic N) is 1. The predicted molar refractivity (Wildman–Crippen MR) is 84.9 cm³/mol. The zero-order valence-corrected chi connectivity index (χ0v) is 13.9. The number of anilines is 1. The van der Waals surface area contributed by atoms with Gasteiger partial charge in [-0.15, -0.1) is 0 Å². The van der Waals surface area contributed by atoms with E-state index in [0.717, 1.165) is 0 Å². The van der Waals surface area contributed by atoms with E-state index < -0.39 is 17.8 Å². The van der Waals surface area contributed by atoms with Gasteiger partial charge >= 0.3 is 5.97 Å². The van der Waals surface area contributed by atoms with Gasteiger partial charge in [-0.3, -0.25) is 25.2 Å². The van der Waals surface area contributed by atoms with Crippen molar-refractivity contribution in [2.24, 2.45) is 0 Å². The first-order valence-corrected chi connectivity index (χ1v) is 7.29. The standard InChI is InChI=1S/C14H19ClN4O4/c1-8(2)17-10-6-11(15)16-7-9(10)14(22)19-18-12(20)4-5-13(21)23-3/h6-8H,4-5H2,1-3H3,(H,16,17)(H,18,20)(H,19,22). The van der Waals surface area contributed by atoms with Crippen molar-refractivity contribution in [1.29, 1.82) is 0 Å². The van der Waals surface area contributed by atoms with Crippen LogP contribution in [0.1, 0.15) is 37.0 Å². The van der Waals surface area contributed by atoms with Crippen molar-refractivity contribution in [2.45, 2.75) is 32.7 Å². The van der Waals surface area contributed by atoms with Crippen molar-refractivity contribution < 1.29 is 19.1 Å². The van der Waals surface area contributed by atoms with Crippen molar-refractivity contribution in [3.63, 3.8) is 0 Å². The largest absolute Gasteiger partial charge is 0.469 e. The molecular formula is C14H19ClN4O4. The van der Waals surface area contributed by atoms with Gasteiger partial charge in [-0.05, 0) is 19.9 Å². The third-order valence-corrected chi connectivity index (χ3v) is 2.87. The minimum Gasteiger partial charge on any atom is -0.469 e. The van der Waals surface area contributed by atoms with E-state index >= 15 is 0 Å². The third-order valence-electron chi connectivity index (χ3n) is 2.66. The molecule has 0 radical (unpaired) electrons. The van der Waals surface area contributed by atoms with Crippen LogP contribution >= 0.6 is 11.6 Å². The Morgan fingerprint density at radius 2 is 1.96 bits per heavy atom. The number of aromatic nitrogens is 1. The quantitative estimate of drug-likeness (QED) is 0.408. The zero-order valence-electron chi connectivity index (χ0n) is 13.1. The Hall–Kier alpha value is -2.35. The molecule has 126 valence electrons. The molecule has 0 atom stereocenters. The molecule has 0 aliphatic rings. The van der Waals surface area contributed by atoms with Gasteiger partial charge in [0.2, 0.25) is 5.91 Å². The smallest absolute Gasteiger partial charge is 0.306 e. The molecule has 1 rings (SSSR count). The summed E-state index contributed by atoms with van der Waals surface area (Å²) >= 11 is 5.82. The fourth-order valence-corrected chi connectivity index (χ4v) is 1.77. The number of hydrogen-bond donors (Lipinski definition) is 3. The molecule has 0 unspecified atom stereocenters. The van der Waals surface area contributed by atoms with Crippen LogP contribution in [0.5, 0.6) is 0 Å². The van der Waals surface area contributed by atoms with Crippen molar-refractivity contribution in [2.75, 3.05) is 12.4 Å². The monoisotopic (exact) mass is 342 g/mol. The number of nitrogens with one attached hydrogen (secondary N) is 3. The number of carbonyl (C=O) groups is 3. The van der Waals surface area contributed by atoms with Gasteiger partial charge in [0.1, 0.15) is 5.15 Å². The Bertz CT molecular complexity index is 592. The van der Waals surface area contributed by atoms with Crippen molar-refractivity contribution in [1.82, 2.24) is 15.8 Å². The molecule has 9 heteroatoms. The summed E-state index contributed by atoms with van der Waals surface area (Å²) in [4.78, 5) is 38.4. The molecule has 1 aromatic heterocycles. The van der Waals surface area contributed by atoms with Gasteiger partial charge in [-0.1, -0.05) is 11.6 Å². The van der Waals surface area contributed by atoms with Crippen LogP contribution in [0, 0.1) is 0 Å². The van der Waals surface area contributed by atoms with E-state index in [1.54, 1.807) is 0 Å². The summed E-state index contributed by atoms with van der Waals surface area (Å²) in [6.07, 6.45) is 1.15. The molecule has 8 nitrogen and oxygen atoms in total. The molecule has 0 fully saturated rings. The molecule has 3 N–H and O–H groups in total. The maximum atomic E-state index is 12.1. The Labute approximate surface area is 138 Å². The Kier molecular flexibility index (Phi) is 7.27. The molecule has 2 amide bonds. The fraction of sp³-hybridized carbons (Fsp3) is 0.429. The number of pyridine rings is 1. The van der Waals surface area contributed by atoms with E-state index in [1.165, 1.54) is 19.4 Å². The van der Waals surface area contributed by atoms with Crippen LogP contribution in [-0.2, 0) is 14.3 Å². The molecule has 0 saturated carbocycles. The number of esters is 1. The van der Waals surface area contributed by atoms with Gasteiger partial charge in [0.05, 0.1) is 24.8 Å². The van der Waals surface area contributed by atoms with Gasteiger partial charge in [0.15, 0.2) is 0 Å². The summed E-state index contributed by atoms with van der Waals surface area (Å²) in [6.45, 7) is 3.81. The van der Waals surface area contributed by atoms with Gasteiger partial charge in [-0.25, -0.2) is 4.98 Å². The molecule has 0 aliphatic carbocycles. The first kappa shape index (κ1) is 18.7. The van der Waals surface area contributed by atoms with E-state index in [-0.39, 0.29) is 29.6 Å². The highest BCUT2D eigenvalue weighted by Gasteiger charge is 2.15. The molecule has 0 aromatic carbocycles. The molecular weight excluding hydrogens is 324 g/mol. The molecule has 0 spiro atoms. The number of halogens is 1. The van der Waals surface area contributed by atoms with Crippen LogP contribution in [0.25, 0.3) is 0 Å². The lowest BCUT2D eigenvalue weighted by Gasteiger charge is -2.15. The lowest BCUT2D eigenvalue weighted by molar-refractivity contribution is -0.142. The molecule has 23 heavy (non-hydrogen) atoms. The maximum Gasteiger partial charge on any atom is 0.306 e. The maximum absolute atomic E-state index is 12.1. The second kappa shape index (κ2) is 8.94. The van der Waals surface area contributed by atoms with Crippen molar-refractivity contribution in [3.8, 4) is 0 Å². The van der Waals surface area contributed by atoms with E-state index in [9.17, 15) is 14.4 Å². The van der Waals surface area contributed by atoms with E-state index in [2.05, 4.69) is 25.9 Å². The number of ether oxygens (including phenoxy) is 1. The molecule has 0 saturated heterocycles. The first-order chi connectivity index (χ1) is 10.8. The Balaban J connectivity index is 2.64. The first-order valence-electron chi connectivity index (χ1n) is 6.91. The van der Waals surface area contributed by atoms with Gasteiger partial charge in [0, 0.05) is 18.7 Å². The normalized spacial score (nSPS) is 10.1. The summed E-state index contributed by atoms with van der Waals surface area (Å²) in [5.74, 6) is -1.57. The van der Waals surface area contributed by atoms with Crippen LogP contribution in [0.3, 0.4) is 0 Å². The van der Waals surface area contributed by atoms with Crippen LogP contribution < -0.4 is 16.2 Å². The molecule has 0 aliphatic heterocycles. The number of rotatable bonds is 6. The van der Waals surface area contributed by atoms with Crippen molar-refractivity contribution >= 4 is 35.1 Å². The van der Waals surface area contributed by atoms with Crippen molar-refractivity contribution in [3.05, 3.63) is 23.0 Å². The number of amides is 2. The Morgan fingerprint density at radius 3 is 2.57 bits per heavy atom. The van der Waals surface area contributed by atoms with Gasteiger partial charge < -0.3 is 10.1 Å². The van der Waals surface area contributed by atoms with Crippen LogP contribution in [0.15, 0.2) is 12.3 Å². The van der Waals surface area contributed by atoms with Crippen LogP contribution in [0.2, 0.25) is 5.15 Å². The number of carbonyl (C=O) groups excluding carboxylic acids is 3. The number of methoxy groups -OCH3 is 1. The highest BCUT2D eigenvalue weighted by Crippen LogP contribution is 2.19. The second-order valence-electron chi connectivity index (χ2n) is 4.93. The van der Waals surface area contributed by atoms with Crippen LogP contribution in [0.4, 0.5) is 5.69 Å². The average molecular weight is 343 g/mol. The van der Waals surface area contributed by atoms with E-state index in [4.69, 9.17) is 11.6 Å². The molecule has 1 aromatic rings. The average Bonchev–Trinajstić information content (AvgIpc) is 2.49. The fourth-order valence-electron chi connectivity index (χ4n) is 1.62. The summed E-state index contributed by atoms with van der Waals surface area (Å²) in [6, 6.07) is 1.60. The highest BCUT2D eigenvalue weighted by molar-refractivity contribution is 6.29. The zero-order chi connectivity index (χ0) is 17.4. The lowest BCUT2D eigenvalue weighted by Crippen LogP contribution is -2.42. The third kappa shape index (κ3) is 6.52. The number of hydrogen-bond acceptors (Lipinski definition) is 6. The predicted octanol–water partition coefficient (Wildman–Crippen LogP) is 1.27. The van der Waals surface area contributed by atoms with Gasteiger partial charge in [-0.2, -0.15) is 0 Å². The lowest BCUT2D eigenvalue weighted by atomic mass is 10.2. The van der Waals surface area contributed by atoms with E-state index in [0.29, 0.717) is 5.69 Å². The summed E-state index contributed by atoms with van der Waals surface area (Å²) in [5.41, 5.74) is 5.21. The van der Waals surface area contributed by atoms with E-state index in [1.807, 2.05) is 13.8 Å². The minimum absolute atomic E-state index is 0.0686. The topological polar surface area (TPSA) is 109 Å². The summed E-state index contributed by atoms with van der Waals surface area (Å²) in [5, 5.41) is 3.31. The summed E-state index contributed by atoms with van der Waals surface area (Å²) < 4.78 is 4.42. The van der Waals surface area contributed by atoms with Gasteiger partial charge in [0.25, 0.3) is 5.91 Å². The SMILES string of the molecule is COC(=O)CCC(=O)NNC(=O)c1cnc(Cl)cc1NC(C)C.